The normalized spacial score (nSPS) is 10.9. The van der Waals surface area contributed by atoms with Gasteiger partial charge in [-0.2, -0.15) is 0 Å². The second kappa shape index (κ2) is 9.45. The van der Waals surface area contributed by atoms with Crippen molar-refractivity contribution in [2.45, 2.75) is 13.1 Å². The summed E-state index contributed by atoms with van der Waals surface area (Å²) in [7, 11) is 1.89. The van der Waals surface area contributed by atoms with Crippen LogP contribution in [-0.4, -0.2) is 35.6 Å². The Morgan fingerprint density at radius 3 is 2.71 bits per heavy atom. The van der Waals surface area contributed by atoms with Gasteiger partial charge in [0.05, 0.1) is 12.1 Å². The number of nitrogens with zero attached hydrogens (tertiary/aromatic N) is 6. The molecule has 0 saturated carbocycles. The Bertz CT molecular complexity index is 1440. The fourth-order valence-electron chi connectivity index (χ4n) is 3.70. The Hall–Kier alpha value is -4.66. The summed E-state index contributed by atoms with van der Waals surface area (Å²) in [6, 6.07) is 19.0. The number of para-hydroxylation sites is 1. The number of hydrogen-bond donors (Lipinski definition) is 2. The SMILES string of the molecule is Cn1c(CNc2cccc(C(=O)NCc3cccc4cccnc34)c2)nnc1-c1ccncn1. The summed E-state index contributed by atoms with van der Waals surface area (Å²) in [5, 5.41) is 15.8. The predicted octanol–water partition coefficient (Wildman–Crippen LogP) is 3.36. The highest BCUT2D eigenvalue weighted by Crippen LogP contribution is 2.17. The van der Waals surface area contributed by atoms with Gasteiger partial charge in [-0.05, 0) is 35.9 Å². The number of carbonyl (C=O) groups excluding carboxylic acids is 1. The largest absolute Gasteiger partial charge is 0.378 e. The van der Waals surface area contributed by atoms with Crippen LogP contribution in [0.4, 0.5) is 5.69 Å². The Morgan fingerprint density at radius 2 is 1.82 bits per heavy atom. The highest BCUT2D eigenvalue weighted by atomic mass is 16.1. The van der Waals surface area contributed by atoms with Crippen LogP contribution in [0.3, 0.4) is 0 Å². The Morgan fingerprint density at radius 1 is 0.941 bits per heavy atom. The number of anilines is 1. The van der Waals surface area contributed by atoms with Crippen molar-refractivity contribution in [1.29, 1.82) is 0 Å². The lowest BCUT2D eigenvalue weighted by Gasteiger charge is -2.10. The molecule has 1 amide bonds. The zero-order chi connectivity index (χ0) is 23.3. The van der Waals surface area contributed by atoms with Crippen LogP contribution in [0.25, 0.3) is 22.4 Å². The average Bonchev–Trinajstić information content (AvgIpc) is 3.26. The van der Waals surface area contributed by atoms with E-state index in [9.17, 15) is 4.79 Å². The molecule has 0 atom stereocenters. The van der Waals surface area contributed by atoms with Gasteiger partial charge in [0, 0.05) is 42.6 Å². The fraction of sp³-hybridized carbons (Fsp3) is 0.120. The van der Waals surface area contributed by atoms with E-state index in [-0.39, 0.29) is 5.91 Å². The van der Waals surface area contributed by atoms with Crippen LogP contribution in [0.2, 0.25) is 0 Å². The van der Waals surface area contributed by atoms with E-state index in [0.717, 1.165) is 28.0 Å². The van der Waals surface area contributed by atoms with Crippen molar-refractivity contribution in [3.63, 3.8) is 0 Å². The molecule has 3 heterocycles. The number of amides is 1. The van der Waals surface area contributed by atoms with E-state index in [1.54, 1.807) is 24.5 Å². The van der Waals surface area contributed by atoms with Gasteiger partial charge in [0.15, 0.2) is 11.6 Å². The molecule has 2 aromatic carbocycles. The molecule has 168 valence electrons. The number of pyridine rings is 1. The molecule has 0 saturated heterocycles. The topological polar surface area (TPSA) is 111 Å². The molecule has 0 aliphatic carbocycles. The number of fused-ring (bicyclic) bond motifs is 1. The molecule has 5 rings (SSSR count). The number of benzene rings is 2. The van der Waals surface area contributed by atoms with Gasteiger partial charge in [-0.1, -0.05) is 30.3 Å². The molecule has 3 aromatic heterocycles. The van der Waals surface area contributed by atoms with Gasteiger partial charge >= 0.3 is 0 Å². The maximum absolute atomic E-state index is 12.8. The molecule has 5 aromatic rings. The Balaban J connectivity index is 1.24. The molecule has 0 aliphatic rings. The third-order valence-corrected chi connectivity index (χ3v) is 5.51. The summed E-state index contributed by atoms with van der Waals surface area (Å²) < 4.78 is 1.88. The second-order valence-electron chi connectivity index (χ2n) is 7.70. The minimum atomic E-state index is -0.152. The lowest BCUT2D eigenvalue weighted by atomic mass is 10.1. The summed E-state index contributed by atoms with van der Waals surface area (Å²) in [6.45, 7) is 0.844. The maximum Gasteiger partial charge on any atom is 0.251 e. The van der Waals surface area contributed by atoms with Crippen molar-refractivity contribution in [1.82, 2.24) is 35.0 Å². The highest BCUT2D eigenvalue weighted by molar-refractivity contribution is 5.95. The molecule has 2 N–H and O–H groups in total. The third-order valence-electron chi connectivity index (χ3n) is 5.51. The average molecular weight is 451 g/mol. The zero-order valence-corrected chi connectivity index (χ0v) is 18.5. The molecule has 9 nitrogen and oxygen atoms in total. The van der Waals surface area contributed by atoms with E-state index in [1.807, 2.05) is 60.1 Å². The maximum atomic E-state index is 12.8. The van der Waals surface area contributed by atoms with Crippen LogP contribution in [-0.2, 0) is 20.1 Å². The van der Waals surface area contributed by atoms with Gasteiger partial charge in [-0.25, -0.2) is 9.97 Å². The lowest BCUT2D eigenvalue weighted by molar-refractivity contribution is 0.0951. The van der Waals surface area contributed by atoms with Crippen molar-refractivity contribution in [2.24, 2.45) is 7.05 Å². The molecule has 0 spiro atoms. The quantitative estimate of drug-likeness (QED) is 0.391. The van der Waals surface area contributed by atoms with Gasteiger partial charge in [0.25, 0.3) is 5.91 Å². The standard InChI is InChI=1S/C25H22N8O/c1-33-22(31-32-24(33)21-10-12-26-16-30-21)15-28-20-9-3-6-18(13-20)25(34)29-14-19-7-2-5-17-8-4-11-27-23(17)19/h2-13,16,28H,14-15H2,1H3,(H,29,34). The van der Waals surface area contributed by atoms with Gasteiger partial charge < -0.3 is 15.2 Å². The van der Waals surface area contributed by atoms with Crippen molar-refractivity contribution >= 4 is 22.5 Å². The Labute approximate surface area is 195 Å². The molecule has 9 heteroatoms. The van der Waals surface area contributed by atoms with Gasteiger partial charge in [0.1, 0.15) is 12.0 Å². The molecule has 0 aliphatic heterocycles. The van der Waals surface area contributed by atoms with Crippen LogP contribution < -0.4 is 10.6 Å². The van der Waals surface area contributed by atoms with E-state index in [2.05, 4.69) is 35.8 Å². The molecule has 0 fully saturated rings. The van der Waals surface area contributed by atoms with E-state index < -0.39 is 0 Å². The lowest BCUT2D eigenvalue weighted by Crippen LogP contribution is -2.23. The molecule has 0 radical (unpaired) electrons. The molecule has 0 bridgehead atoms. The summed E-state index contributed by atoms with van der Waals surface area (Å²) in [6.07, 6.45) is 4.91. The van der Waals surface area contributed by atoms with Gasteiger partial charge in [-0.15, -0.1) is 10.2 Å². The van der Waals surface area contributed by atoms with Gasteiger partial charge in [-0.3, -0.25) is 9.78 Å². The predicted molar refractivity (Wildman–Crippen MR) is 129 cm³/mol. The molecular weight excluding hydrogens is 428 g/mol. The number of nitrogens with one attached hydrogen (secondary N) is 2. The number of hydrogen-bond acceptors (Lipinski definition) is 7. The first kappa shape index (κ1) is 21.2. The van der Waals surface area contributed by atoms with Crippen LogP contribution in [0, 0.1) is 0 Å². The van der Waals surface area contributed by atoms with Crippen molar-refractivity contribution in [3.8, 4) is 11.5 Å². The monoisotopic (exact) mass is 450 g/mol. The van der Waals surface area contributed by atoms with Crippen LogP contribution in [0.1, 0.15) is 21.7 Å². The third kappa shape index (κ3) is 4.44. The van der Waals surface area contributed by atoms with Crippen LogP contribution >= 0.6 is 0 Å². The molecular formula is C25H22N8O. The summed E-state index contributed by atoms with van der Waals surface area (Å²) in [5.74, 6) is 1.25. The fourth-order valence-corrected chi connectivity index (χ4v) is 3.70. The van der Waals surface area contributed by atoms with Gasteiger partial charge in [0.2, 0.25) is 0 Å². The smallest absolute Gasteiger partial charge is 0.251 e. The number of rotatable bonds is 7. The highest BCUT2D eigenvalue weighted by Gasteiger charge is 2.12. The van der Waals surface area contributed by atoms with E-state index in [4.69, 9.17) is 0 Å². The number of aromatic nitrogens is 6. The molecule has 0 unspecified atom stereocenters. The first-order valence-electron chi connectivity index (χ1n) is 10.8. The van der Waals surface area contributed by atoms with Crippen LogP contribution in [0.5, 0.6) is 0 Å². The molecule has 34 heavy (non-hydrogen) atoms. The van der Waals surface area contributed by atoms with E-state index in [0.29, 0.717) is 30.2 Å². The minimum Gasteiger partial charge on any atom is -0.378 e. The van der Waals surface area contributed by atoms with E-state index in [1.165, 1.54) is 6.33 Å². The first-order chi connectivity index (χ1) is 16.7. The summed E-state index contributed by atoms with van der Waals surface area (Å²) in [5.41, 5.74) is 3.95. The zero-order valence-electron chi connectivity index (χ0n) is 18.5. The van der Waals surface area contributed by atoms with Crippen molar-refractivity contribution in [2.75, 3.05) is 5.32 Å². The van der Waals surface area contributed by atoms with Crippen molar-refractivity contribution < 1.29 is 4.79 Å². The second-order valence-corrected chi connectivity index (χ2v) is 7.70. The first-order valence-corrected chi connectivity index (χ1v) is 10.8. The van der Waals surface area contributed by atoms with Crippen LogP contribution in [0.15, 0.2) is 79.4 Å². The number of carbonyl (C=O) groups is 1. The summed E-state index contributed by atoms with van der Waals surface area (Å²) >= 11 is 0. The summed E-state index contributed by atoms with van der Waals surface area (Å²) in [4.78, 5) is 25.4. The minimum absolute atomic E-state index is 0.152. The Kier molecular flexibility index (Phi) is 5.89. The van der Waals surface area contributed by atoms with Crippen molar-refractivity contribution in [3.05, 3.63) is 96.3 Å². The van der Waals surface area contributed by atoms with E-state index >= 15 is 0 Å².